The molecule has 0 atom stereocenters. The summed E-state index contributed by atoms with van der Waals surface area (Å²) < 4.78 is 11.0. The van der Waals surface area contributed by atoms with Gasteiger partial charge in [-0.05, 0) is 43.0 Å². The predicted molar refractivity (Wildman–Crippen MR) is 74.9 cm³/mol. The molecule has 0 saturated heterocycles. The van der Waals surface area contributed by atoms with E-state index in [1.165, 1.54) is 12.8 Å². The van der Waals surface area contributed by atoms with Gasteiger partial charge in [-0.15, -0.1) is 0 Å². The van der Waals surface area contributed by atoms with Crippen molar-refractivity contribution >= 4 is 5.91 Å². The van der Waals surface area contributed by atoms with E-state index in [1.54, 1.807) is 0 Å². The highest BCUT2D eigenvalue weighted by molar-refractivity contribution is 5.78. The first-order chi connectivity index (χ1) is 9.81. The first-order valence-electron chi connectivity index (χ1n) is 7.17. The van der Waals surface area contributed by atoms with Gasteiger partial charge in [0.15, 0.2) is 11.5 Å². The van der Waals surface area contributed by atoms with Gasteiger partial charge in [0, 0.05) is 6.54 Å². The van der Waals surface area contributed by atoms with Crippen molar-refractivity contribution in [2.24, 2.45) is 5.92 Å². The van der Waals surface area contributed by atoms with Crippen LogP contribution in [-0.4, -0.2) is 32.2 Å². The molecule has 2 aliphatic rings. The van der Waals surface area contributed by atoms with E-state index in [0.717, 1.165) is 29.5 Å². The van der Waals surface area contributed by atoms with E-state index in [9.17, 15) is 4.79 Å². The Morgan fingerprint density at radius 3 is 2.80 bits per heavy atom. The maximum Gasteiger partial charge on any atom is 0.234 e. The molecule has 3 rings (SSSR count). The summed E-state index contributed by atoms with van der Waals surface area (Å²) >= 11 is 0. The van der Waals surface area contributed by atoms with Crippen LogP contribution in [0.5, 0.6) is 11.5 Å². The van der Waals surface area contributed by atoms with Gasteiger partial charge in [0.05, 0.1) is 6.54 Å². The summed E-state index contributed by atoms with van der Waals surface area (Å²) in [5.41, 5.74) is 1.02. The molecular weight excluding hydrogens is 256 g/mol. The lowest BCUT2D eigenvalue weighted by Gasteiger charge is -2.19. The van der Waals surface area contributed by atoms with Crippen molar-refractivity contribution in [3.63, 3.8) is 0 Å². The number of fused-ring (bicyclic) bond motifs is 1. The van der Waals surface area contributed by atoms with Crippen molar-refractivity contribution in [2.45, 2.75) is 19.4 Å². The molecule has 1 saturated carbocycles. The van der Waals surface area contributed by atoms with Crippen molar-refractivity contribution in [1.29, 1.82) is 0 Å². The SMILES string of the molecule is O=C(CNCC1CC1)NCc1ccc2c(c1)OCCO2. The molecule has 0 radical (unpaired) electrons. The van der Waals surface area contributed by atoms with Gasteiger partial charge in [-0.3, -0.25) is 4.79 Å². The largest absolute Gasteiger partial charge is 0.486 e. The van der Waals surface area contributed by atoms with Crippen LogP contribution in [0, 0.1) is 5.92 Å². The number of ether oxygens (including phenoxy) is 2. The molecule has 5 nitrogen and oxygen atoms in total. The van der Waals surface area contributed by atoms with Gasteiger partial charge in [-0.2, -0.15) is 0 Å². The van der Waals surface area contributed by atoms with Crippen molar-refractivity contribution in [3.8, 4) is 11.5 Å². The third kappa shape index (κ3) is 3.63. The highest BCUT2D eigenvalue weighted by Crippen LogP contribution is 2.30. The van der Waals surface area contributed by atoms with Crippen molar-refractivity contribution in [1.82, 2.24) is 10.6 Å². The van der Waals surface area contributed by atoms with Crippen LogP contribution in [0.2, 0.25) is 0 Å². The highest BCUT2D eigenvalue weighted by Gasteiger charge is 2.20. The molecule has 0 unspecified atom stereocenters. The average molecular weight is 276 g/mol. The summed E-state index contributed by atoms with van der Waals surface area (Å²) in [7, 11) is 0. The van der Waals surface area contributed by atoms with Gasteiger partial charge in [-0.25, -0.2) is 0 Å². The van der Waals surface area contributed by atoms with E-state index in [0.29, 0.717) is 26.3 Å². The molecular formula is C15H20N2O3. The Morgan fingerprint density at radius 2 is 2.00 bits per heavy atom. The number of hydrogen-bond acceptors (Lipinski definition) is 4. The number of rotatable bonds is 6. The molecule has 0 spiro atoms. The standard InChI is InChI=1S/C15H20N2O3/c18-15(10-16-8-11-1-2-11)17-9-12-3-4-13-14(7-12)20-6-5-19-13/h3-4,7,11,16H,1-2,5-6,8-10H2,(H,17,18). The maximum atomic E-state index is 11.7. The Morgan fingerprint density at radius 1 is 1.20 bits per heavy atom. The third-order valence-corrected chi connectivity index (χ3v) is 3.51. The van der Waals surface area contributed by atoms with Gasteiger partial charge < -0.3 is 20.1 Å². The molecule has 1 amide bonds. The average Bonchev–Trinajstić information content (AvgIpc) is 3.29. The molecule has 0 bridgehead atoms. The van der Waals surface area contributed by atoms with E-state index in [4.69, 9.17) is 9.47 Å². The van der Waals surface area contributed by atoms with Gasteiger partial charge in [0.2, 0.25) is 5.91 Å². The van der Waals surface area contributed by atoms with Crippen molar-refractivity contribution in [2.75, 3.05) is 26.3 Å². The molecule has 2 N–H and O–H groups in total. The molecule has 1 aromatic rings. The maximum absolute atomic E-state index is 11.7. The summed E-state index contributed by atoms with van der Waals surface area (Å²) in [6.45, 7) is 3.03. The molecule has 5 heteroatoms. The Hall–Kier alpha value is -1.75. The van der Waals surface area contributed by atoms with E-state index >= 15 is 0 Å². The zero-order valence-electron chi connectivity index (χ0n) is 11.5. The van der Waals surface area contributed by atoms with Crippen LogP contribution in [0.1, 0.15) is 18.4 Å². The second-order valence-corrected chi connectivity index (χ2v) is 5.33. The fourth-order valence-corrected chi connectivity index (χ4v) is 2.17. The molecule has 1 fully saturated rings. The van der Waals surface area contributed by atoms with Gasteiger partial charge in [-0.1, -0.05) is 6.07 Å². The smallest absolute Gasteiger partial charge is 0.234 e. The van der Waals surface area contributed by atoms with E-state index in [-0.39, 0.29) is 5.91 Å². The first-order valence-corrected chi connectivity index (χ1v) is 7.17. The van der Waals surface area contributed by atoms with Gasteiger partial charge in [0.25, 0.3) is 0 Å². The number of hydrogen-bond donors (Lipinski definition) is 2. The number of carbonyl (C=O) groups excluding carboxylic acids is 1. The van der Waals surface area contributed by atoms with Crippen LogP contribution in [0.4, 0.5) is 0 Å². The topological polar surface area (TPSA) is 59.6 Å². The van der Waals surface area contributed by atoms with Crippen LogP contribution >= 0.6 is 0 Å². The lowest BCUT2D eigenvalue weighted by Crippen LogP contribution is -2.34. The quantitative estimate of drug-likeness (QED) is 0.816. The fraction of sp³-hybridized carbons (Fsp3) is 0.533. The zero-order chi connectivity index (χ0) is 13.8. The predicted octanol–water partition coefficient (Wildman–Crippen LogP) is 1.07. The van der Waals surface area contributed by atoms with Crippen LogP contribution in [0.15, 0.2) is 18.2 Å². The summed E-state index contributed by atoms with van der Waals surface area (Å²) in [5.74, 6) is 2.36. The lowest BCUT2D eigenvalue weighted by atomic mass is 10.2. The molecule has 1 heterocycles. The second kappa shape index (κ2) is 6.13. The van der Waals surface area contributed by atoms with Gasteiger partial charge in [0.1, 0.15) is 13.2 Å². The van der Waals surface area contributed by atoms with E-state index < -0.39 is 0 Å². The van der Waals surface area contributed by atoms with Crippen molar-refractivity contribution < 1.29 is 14.3 Å². The summed E-state index contributed by atoms with van der Waals surface area (Å²) in [6.07, 6.45) is 2.59. The highest BCUT2D eigenvalue weighted by atomic mass is 16.6. The first kappa shape index (κ1) is 13.2. The van der Waals surface area contributed by atoms with Crippen LogP contribution < -0.4 is 20.1 Å². The van der Waals surface area contributed by atoms with E-state index in [1.807, 2.05) is 18.2 Å². The number of nitrogens with one attached hydrogen (secondary N) is 2. The Kier molecular flexibility index (Phi) is 4.06. The second-order valence-electron chi connectivity index (χ2n) is 5.33. The number of carbonyl (C=O) groups is 1. The fourth-order valence-electron chi connectivity index (χ4n) is 2.17. The van der Waals surface area contributed by atoms with Crippen LogP contribution in [0.25, 0.3) is 0 Å². The molecule has 0 aromatic heterocycles. The minimum absolute atomic E-state index is 0.0283. The number of benzene rings is 1. The molecule has 1 aliphatic heterocycles. The monoisotopic (exact) mass is 276 g/mol. The van der Waals surface area contributed by atoms with Crippen molar-refractivity contribution in [3.05, 3.63) is 23.8 Å². The third-order valence-electron chi connectivity index (χ3n) is 3.51. The lowest BCUT2D eigenvalue weighted by molar-refractivity contribution is -0.120. The summed E-state index contributed by atoms with van der Waals surface area (Å²) in [5, 5.41) is 6.08. The number of amides is 1. The van der Waals surface area contributed by atoms with Gasteiger partial charge >= 0.3 is 0 Å². The molecule has 1 aromatic carbocycles. The molecule has 108 valence electrons. The zero-order valence-corrected chi connectivity index (χ0v) is 11.5. The summed E-state index contributed by atoms with van der Waals surface area (Å²) in [4.78, 5) is 11.7. The minimum atomic E-state index is 0.0283. The van der Waals surface area contributed by atoms with E-state index in [2.05, 4.69) is 10.6 Å². The Labute approximate surface area is 118 Å². The van der Waals surface area contributed by atoms with Crippen LogP contribution in [0.3, 0.4) is 0 Å². The Bertz CT molecular complexity index is 486. The normalized spacial score (nSPS) is 16.8. The minimum Gasteiger partial charge on any atom is -0.486 e. The molecule has 20 heavy (non-hydrogen) atoms. The Balaban J connectivity index is 1.43. The molecule has 1 aliphatic carbocycles. The summed E-state index contributed by atoms with van der Waals surface area (Å²) in [6, 6.07) is 5.76. The van der Waals surface area contributed by atoms with Crippen LogP contribution in [-0.2, 0) is 11.3 Å².